The maximum Gasteiger partial charge on any atom is 0.167 e. The van der Waals surface area contributed by atoms with Gasteiger partial charge in [-0.3, -0.25) is 0 Å². The molecule has 3 aromatic rings. The first kappa shape index (κ1) is 8.82. The van der Waals surface area contributed by atoms with Gasteiger partial charge in [0.15, 0.2) is 5.82 Å². The van der Waals surface area contributed by atoms with Gasteiger partial charge < -0.3 is 5.73 Å². The van der Waals surface area contributed by atoms with Crippen LogP contribution in [0.4, 0.5) is 5.82 Å². The van der Waals surface area contributed by atoms with E-state index in [9.17, 15) is 0 Å². The van der Waals surface area contributed by atoms with E-state index in [2.05, 4.69) is 27.8 Å². The summed E-state index contributed by atoms with van der Waals surface area (Å²) in [5.41, 5.74) is 5.74. The third-order valence-electron chi connectivity index (χ3n) is 2.16. The number of hydrogen-bond donors (Lipinski definition) is 1. The number of nitrogen functional groups attached to an aromatic ring is 1. The zero-order chi connectivity index (χ0) is 10.3. The van der Waals surface area contributed by atoms with Gasteiger partial charge in [-0.2, -0.15) is 0 Å². The smallest absolute Gasteiger partial charge is 0.167 e. The molecule has 0 fully saturated rings. The summed E-state index contributed by atoms with van der Waals surface area (Å²) in [6.45, 7) is 0. The lowest BCUT2D eigenvalue weighted by Crippen LogP contribution is -1.85. The Morgan fingerprint density at radius 3 is 2.80 bits per heavy atom. The fourth-order valence-corrected chi connectivity index (χ4v) is 3.20. The largest absolute Gasteiger partial charge is 0.381 e. The zero-order valence-electron chi connectivity index (χ0n) is 7.68. The van der Waals surface area contributed by atoms with Gasteiger partial charge in [-0.25, -0.2) is 0 Å². The number of hydrogen-bond acceptors (Lipinski definition) is 5. The maximum absolute atomic E-state index is 5.74. The number of thiophene rings is 1. The third-order valence-corrected chi connectivity index (χ3v) is 4.20. The van der Waals surface area contributed by atoms with Gasteiger partial charge >= 0.3 is 0 Å². The van der Waals surface area contributed by atoms with Crippen molar-refractivity contribution in [3.8, 4) is 9.75 Å². The molecular formula is C10H7N3S2. The van der Waals surface area contributed by atoms with Gasteiger partial charge in [-0.15, -0.1) is 16.4 Å². The van der Waals surface area contributed by atoms with Crippen molar-refractivity contribution in [1.82, 2.24) is 9.59 Å². The molecule has 0 aliphatic carbocycles. The summed E-state index contributed by atoms with van der Waals surface area (Å²) in [5.74, 6) is 0.520. The Bertz CT molecular complexity index is 579. The Labute approximate surface area is 94.3 Å². The standard InChI is InChI=1S/C10H7N3S2/c11-10-9(15-13-12-10)8-5-6-3-1-2-4-7(6)14-8/h1-5H,11H2. The van der Waals surface area contributed by atoms with E-state index in [-0.39, 0.29) is 0 Å². The summed E-state index contributed by atoms with van der Waals surface area (Å²) >= 11 is 3.06. The molecule has 0 atom stereocenters. The second kappa shape index (κ2) is 3.29. The Morgan fingerprint density at radius 2 is 2.07 bits per heavy atom. The van der Waals surface area contributed by atoms with Crippen LogP contribution < -0.4 is 5.73 Å². The van der Waals surface area contributed by atoms with Crippen molar-refractivity contribution >= 4 is 38.8 Å². The average molecular weight is 233 g/mol. The lowest BCUT2D eigenvalue weighted by Gasteiger charge is -1.88. The van der Waals surface area contributed by atoms with Crippen LogP contribution in [0.15, 0.2) is 30.3 Å². The number of benzene rings is 1. The van der Waals surface area contributed by atoms with Crippen LogP contribution >= 0.6 is 22.9 Å². The molecule has 2 aromatic heterocycles. The van der Waals surface area contributed by atoms with Crippen molar-refractivity contribution in [2.24, 2.45) is 0 Å². The Morgan fingerprint density at radius 1 is 1.20 bits per heavy atom. The number of aromatic nitrogens is 2. The first-order chi connectivity index (χ1) is 7.34. The highest BCUT2D eigenvalue weighted by Crippen LogP contribution is 2.37. The molecule has 5 heteroatoms. The third kappa shape index (κ3) is 1.40. The first-order valence-corrected chi connectivity index (χ1v) is 6.00. The number of fused-ring (bicyclic) bond motifs is 1. The fourth-order valence-electron chi connectivity index (χ4n) is 1.46. The summed E-state index contributed by atoms with van der Waals surface area (Å²) in [6.07, 6.45) is 0. The summed E-state index contributed by atoms with van der Waals surface area (Å²) < 4.78 is 5.11. The molecular weight excluding hydrogens is 226 g/mol. The van der Waals surface area contributed by atoms with Crippen molar-refractivity contribution < 1.29 is 0 Å². The molecule has 3 rings (SSSR count). The average Bonchev–Trinajstić information content (AvgIpc) is 2.82. The molecule has 74 valence electrons. The lowest BCUT2D eigenvalue weighted by atomic mass is 10.2. The molecule has 0 aliphatic rings. The van der Waals surface area contributed by atoms with Crippen LogP contribution in [-0.4, -0.2) is 9.59 Å². The van der Waals surface area contributed by atoms with Crippen LogP contribution in [0.2, 0.25) is 0 Å². The Balaban J connectivity index is 2.24. The van der Waals surface area contributed by atoms with E-state index in [1.165, 1.54) is 21.6 Å². The van der Waals surface area contributed by atoms with Gasteiger partial charge in [0.05, 0.1) is 4.88 Å². The maximum atomic E-state index is 5.74. The van der Waals surface area contributed by atoms with Crippen LogP contribution in [0.3, 0.4) is 0 Å². The molecule has 0 spiro atoms. The normalized spacial score (nSPS) is 10.9. The van der Waals surface area contributed by atoms with E-state index in [0.717, 1.165) is 9.75 Å². The van der Waals surface area contributed by atoms with E-state index in [1.807, 2.05) is 12.1 Å². The topological polar surface area (TPSA) is 51.8 Å². The van der Waals surface area contributed by atoms with Crippen LogP contribution in [-0.2, 0) is 0 Å². The molecule has 0 saturated carbocycles. The molecule has 0 amide bonds. The van der Waals surface area contributed by atoms with Crippen molar-refractivity contribution in [1.29, 1.82) is 0 Å². The number of rotatable bonds is 1. The predicted octanol–water partition coefficient (Wildman–Crippen LogP) is 3.00. The SMILES string of the molecule is Nc1nnsc1-c1cc2ccccc2s1. The second-order valence-corrected chi connectivity index (χ2v) is 4.97. The van der Waals surface area contributed by atoms with Gasteiger partial charge in [0.2, 0.25) is 0 Å². The molecule has 15 heavy (non-hydrogen) atoms. The van der Waals surface area contributed by atoms with E-state index >= 15 is 0 Å². The monoisotopic (exact) mass is 233 g/mol. The minimum Gasteiger partial charge on any atom is -0.381 e. The first-order valence-electron chi connectivity index (χ1n) is 4.41. The summed E-state index contributed by atoms with van der Waals surface area (Å²) in [6, 6.07) is 10.4. The Hall–Kier alpha value is -1.46. The molecule has 0 unspecified atom stereocenters. The molecule has 3 nitrogen and oxygen atoms in total. The number of nitrogens with zero attached hydrogens (tertiary/aromatic N) is 2. The van der Waals surface area contributed by atoms with Gasteiger partial charge in [0.25, 0.3) is 0 Å². The molecule has 0 radical (unpaired) electrons. The van der Waals surface area contributed by atoms with E-state index in [1.54, 1.807) is 11.3 Å². The van der Waals surface area contributed by atoms with Gasteiger partial charge in [0.1, 0.15) is 4.88 Å². The van der Waals surface area contributed by atoms with Crippen LogP contribution in [0, 0.1) is 0 Å². The highest BCUT2D eigenvalue weighted by Gasteiger charge is 2.10. The second-order valence-electron chi connectivity index (χ2n) is 3.14. The van der Waals surface area contributed by atoms with Gasteiger partial charge in [-0.1, -0.05) is 22.7 Å². The Kier molecular flexibility index (Phi) is 1.93. The molecule has 2 N–H and O–H groups in total. The minimum absolute atomic E-state index is 0.520. The summed E-state index contributed by atoms with van der Waals surface area (Å²) in [7, 11) is 0. The number of nitrogens with two attached hydrogens (primary N) is 1. The molecule has 0 bridgehead atoms. The van der Waals surface area contributed by atoms with Gasteiger partial charge in [0, 0.05) is 4.70 Å². The quantitative estimate of drug-likeness (QED) is 0.703. The zero-order valence-corrected chi connectivity index (χ0v) is 9.31. The van der Waals surface area contributed by atoms with Crippen LogP contribution in [0.5, 0.6) is 0 Å². The van der Waals surface area contributed by atoms with Crippen molar-refractivity contribution in [2.45, 2.75) is 0 Å². The van der Waals surface area contributed by atoms with E-state index < -0.39 is 0 Å². The molecule has 0 saturated heterocycles. The van der Waals surface area contributed by atoms with Gasteiger partial charge in [-0.05, 0) is 29.1 Å². The molecule has 1 aromatic carbocycles. The molecule has 2 heterocycles. The minimum atomic E-state index is 0.520. The summed E-state index contributed by atoms with van der Waals surface area (Å²) in [4.78, 5) is 2.11. The van der Waals surface area contributed by atoms with Crippen LogP contribution in [0.1, 0.15) is 0 Å². The van der Waals surface area contributed by atoms with E-state index in [4.69, 9.17) is 5.73 Å². The van der Waals surface area contributed by atoms with Crippen molar-refractivity contribution in [2.75, 3.05) is 5.73 Å². The fraction of sp³-hybridized carbons (Fsp3) is 0. The van der Waals surface area contributed by atoms with E-state index in [0.29, 0.717) is 5.82 Å². The van der Waals surface area contributed by atoms with Crippen molar-refractivity contribution in [3.63, 3.8) is 0 Å². The summed E-state index contributed by atoms with van der Waals surface area (Å²) in [5, 5.41) is 5.06. The van der Waals surface area contributed by atoms with Crippen molar-refractivity contribution in [3.05, 3.63) is 30.3 Å². The van der Waals surface area contributed by atoms with Crippen LogP contribution in [0.25, 0.3) is 19.8 Å². The number of anilines is 1. The lowest BCUT2D eigenvalue weighted by molar-refractivity contribution is 1.17. The molecule has 0 aliphatic heterocycles. The highest BCUT2D eigenvalue weighted by molar-refractivity contribution is 7.25. The predicted molar refractivity (Wildman–Crippen MR) is 65.1 cm³/mol. The highest BCUT2D eigenvalue weighted by atomic mass is 32.1.